The molecule has 4 nitrogen and oxygen atoms in total. The molecule has 0 amide bonds. The van der Waals surface area contributed by atoms with Crippen LogP contribution in [0.15, 0.2) is 83.3 Å². The van der Waals surface area contributed by atoms with Crippen LogP contribution in [-0.2, 0) is 11.8 Å². The first-order valence-corrected chi connectivity index (χ1v) is 12.6. The van der Waals surface area contributed by atoms with E-state index in [-0.39, 0.29) is 12.0 Å². The van der Waals surface area contributed by atoms with Crippen molar-refractivity contribution in [3.05, 3.63) is 106 Å². The Labute approximate surface area is 222 Å². The van der Waals surface area contributed by atoms with E-state index in [1.807, 2.05) is 73.6 Å². The highest BCUT2D eigenvalue weighted by Gasteiger charge is 2.43. The third-order valence-corrected chi connectivity index (χ3v) is 7.01. The highest BCUT2D eigenvalue weighted by molar-refractivity contribution is 9.10. The Morgan fingerprint density at radius 1 is 0.946 bits per heavy atom. The molecular weight excluding hydrogens is 545 g/mol. The Balaban J connectivity index is 2.03. The number of nitrogens with zero attached hydrogens (tertiary/aromatic N) is 2. The van der Waals surface area contributed by atoms with Crippen LogP contribution in [0.5, 0.6) is 5.88 Å². The van der Waals surface area contributed by atoms with Crippen molar-refractivity contribution in [2.45, 2.75) is 24.1 Å². The smallest absolute Gasteiger partial charge is 0.416 e. The highest BCUT2D eigenvalue weighted by Crippen LogP contribution is 2.48. The minimum absolute atomic E-state index is 0.167. The number of rotatable bonds is 8. The lowest BCUT2D eigenvalue weighted by atomic mass is 9.71. The lowest BCUT2D eigenvalue weighted by molar-refractivity contribution is -0.137. The van der Waals surface area contributed by atoms with E-state index in [4.69, 9.17) is 9.72 Å². The molecule has 0 saturated carbocycles. The maximum absolute atomic E-state index is 13.7. The molecule has 0 bridgehead atoms. The number of methoxy groups -OCH3 is 1. The summed E-state index contributed by atoms with van der Waals surface area (Å²) >= 11 is 3.50. The van der Waals surface area contributed by atoms with Crippen molar-refractivity contribution in [1.29, 1.82) is 0 Å². The van der Waals surface area contributed by atoms with E-state index in [0.717, 1.165) is 27.6 Å². The second-order valence-electron chi connectivity index (χ2n) is 9.32. The molecule has 0 aliphatic heterocycles. The van der Waals surface area contributed by atoms with Gasteiger partial charge in [-0.2, -0.15) is 13.2 Å². The molecule has 0 spiro atoms. The molecule has 0 fully saturated rings. The number of hydrogen-bond acceptors (Lipinski definition) is 4. The number of ether oxygens (including phenoxy) is 1. The van der Waals surface area contributed by atoms with Crippen molar-refractivity contribution >= 4 is 26.8 Å². The van der Waals surface area contributed by atoms with Gasteiger partial charge in [-0.15, -0.1) is 0 Å². The summed E-state index contributed by atoms with van der Waals surface area (Å²) in [6.45, 7) is 0.435. The minimum atomic E-state index is -4.55. The van der Waals surface area contributed by atoms with Crippen LogP contribution < -0.4 is 4.74 Å². The average molecular weight is 573 g/mol. The zero-order valence-corrected chi connectivity index (χ0v) is 22.3. The fourth-order valence-electron chi connectivity index (χ4n) is 4.69. The van der Waals surface area contributed by atoms with Gasteiger partial charge in [-0.25, -0.2) is 4.98 Å². The predicted octanol–water partition coefficient (Wildman–Crippen LogP) is 7.00. The molecule has 1 heterocycles. The lowest BCUT2D eigenvalue weighted by Crippen LogP contribution is -2.38. The van der Waals surface area contributed by atoms with Gasteiger partial charge in [0.2, 0.25) is 5.88 Å². The number of pyridine rings is 1. The van der Waals surface area contributed by atoms with Crippen molar-refractivity contribution in [3.63, 3.8) is 0 Å². The van der Waals surface area contributed by atoms with Crippen LogP contribution in [0.1, 0.15) is 34.6 Å². The summed E-state index contributed by atoms with van der Waals surface area (Å²) in [5.74, 6) is -0.470. The van der Waals surface area contributed by atoms with Crippen LogP contribution >= 0.6 is 15.9 Å². The van der Waals surface area contributed by atoms with Crippen LogP contribution in [0.4, 0.5) is 13.2 Å². The molecular formula is C29H28BrF3N2O2. The van der Waals surface area contributed by atoms with Crippen molar-refractivity contribution in [2.75, 3.05) is 27.7 Å². The SMILES string of the molecule is COc1nc2ccc(Br)cc2cc1C(c1ccccc1)C(O)(CCN(C)C)c1cccc(C(F)(F)F)c1. The van der Waals surface area contributed by atoms with Gasteiger partial charge in [-0.1, -0.05) is 58.4 Å². The Morgan fingerprint density at radius 3 is 2.30 bits per heavy atom. The summed E-state index contributed by atoms with van der Waals surface area (Å²) < 4.78 is 47.7. The van der Waals surface area contributed by atoms with Crippen molar-refractivity contribution in [1.82, 2.24) is 9.88 Å². The van der Waals surface area contributed by atoms with Gasteiger partial charge in [-0.3, -0.25) is 0 Å². The number of alkyl halides is 3. The first-order valence-electron chi connectivity index (χ1n) is 11.8. The second-order valence-corrected chi connectivity index (χ2v) is 10.2. The Kier molecular flexibility index (Phi) is 7.92. The number of benzene rings is 3. The van der Waals surface area contributed by atoms with Gasteiger partial charge < -0.3 is 14.7 Å². The highest BCUT2D eigenvalue weighted by atomic mass is 79.9. The quantitative estimate of drug-likeness (QED) is 0.247. The fourth-order valence-corrected chi connectivity index (χ4v) is 5.07. The third kappa shape index (κ3) is 5.81. The zero-order chi connectivity index (χ0) is 26.8. The third-order valence-electron chi connectivity index (χ3n) is 6.51. The number of aliphatic hydroxyl groups is 1. The summed E-state index contributed by atoms with van der Waals surface area (Å²) in [5, 5.41) is 13.4. The van der Waals surface area contributed by atoms with Gasteiger partial charge >= 0.3 is 6.18 Å². The van der Waals surface area contributed by atoms with Gasteiger partial charge in [0, 0.05) is 27.9 Å². The molecule has 194 valence electrons. The molecule has 3 aromatic carbocycles. The second kappa shape index (κ2) is 10.8. The van der Waals surface area contributed by atoms with E-state index in [1.165, 1.54) is 13.2 Å². The Bertz CT molecular complexity index is 1380. The molecule has 2 unspecified atom stereocenters. The summed E-state index contributed by atoms with van der Waals surface area (Å²) in [6, 6.07) is 21.8. The van der Waals surface area contributed by atoms with E-state index in [9.17, 15) is 18.3 Å². The van der Waals surface area contributed by atoms with Gasteiger partial charge in [-0.05, 0) is 68.0 Å². The number of hydrogen-bond donors (Lipinski definition) is 1. The number of halogens is 4. The first kappa shape index (κ1) is 27.1. The van der Waals surface area contributed by atoms with E-state index in [2.05, 4.69) is 15.9 Å². The normalized spacial score (nSPS) is 14.5. The zero-order valence-electron chi connectivity index (χ0n) is 20.8. The summed E-state index contributed by atoms with van der Waals surface area (Å²) in [4.78, 5) is 6.59. The molecule has 0 radical (unpaired) electrons. The van der Waals surface area contributed by atoms with E-state index in [0.29, 0.717) is 23.5 Å². The molecule has 1 N–H and O–H groups in total. The fraction of sp³-hybridized carbons (Fsp3) is 0.276. The Morgan fingerprint density at radius 2 is 1.65 bits per heavy atom. The molecule has 8 heteroatoms. The topological polar surface area (TPSA) is 45.6 Å². The van der Waals surface area contributed by atoms with Crippen molar-refractivity contribution in [2.24, 2.45) is 0 Å². The largest absolute Gasteiger partial charge is 0.481 e. The van der Waals surface area contributed by atoms with Crippen LogP contribution in [0.2, 0.25) is 0 Å². The monoisotopic (exact) mass is 572 g/mol. The lowest BCUT2D eigenvalue weighted by Gasteiger charge is -2.39. The molecule has 0 saturated heterocycles. The molecule has 1 aromatic heterocycles. The van der Waals surface area contributed by atoms with Crippen molar-refractivity contribution in [3.8, 4) is 5.88 Å². The molecule has 0 aliphatic rings. The summed E-state index contributed by atoms with van der Waals surface area (Å²) in [7, 11) is 5.22. The molecule has 37 heavy (non-hydrogen) atoms. The van der Waals surface area contributed by atoms with Gasteiger partial charge in [0.15, 0.2) is 0 Å². The predicted molar refractivity (Wildman–Crippen MR) is 143 cm³/mol. The molecule has 4 aromatic rings. The standard InChI is InChI=1S/C29H28BrF3N2O2/c1-35(2)15-14-28(36,21-10-7-11-22(18-21)29(31,32)33)26(19-8-5-4-6-9-19)24-17-20-16-23(30)12-13-25(20)34-27(24)37-3/h4-13,16-18,26,36H,14-15H2,1-3H3. The van der Waals surface area contributed by atoms with E-state index in [1.54, 1.807) is 6.07 Å². The van der Waals surface area contributed by atoms with Crippen LogP contribution in [-0.4, -0.2) is 42.7 Å². The van der Waals surface area contributed by atoms with Crippen LogP contribution in [0, 0.1) is 0 Å². The molecule has 0 aliphatic carbocycles. The van der Waals surface area contributed by atoms with Gasteiger partial charge in [0.05, 0.1) is 18.2 Å². The first-order chi connectivity index (χ1) is 17.5. The molecule has 4 rings (SSSR count). The van der Waals surface area contributed by atoms with Gasteiger partial charge in [0.1, 0.15) is 5.60 Å². The van der Waals surface area contributed by atoms with E-state index >= 15 is 0 Å². The number of aromatic nitrogens is 1. The Hall–Kier alpha value is -2.94. The van der Waals surface area contributed by atoms with E-state index < -0.39 is 23.3 Å². The van der Waals surface area contributed by atoms with Crippen LogP contribution in [0.25, 0.3) is 10.9 Å². The summed E-state index contributed by atoms with van der Waals surface area (Å²) in [6.07, 6.45) is -4.38. The maximum Gasteiger partial charge on any atom is 0.416 e. The minimum Gasteiger partial charge on any atom is -0.481 e. The van der Waals surface area contributed by atoms with Crippen molar-refractivity contribution < 1.29 is 23.0 Å². The molecule has 2 atom stereocenters. The summed E-state index contributed by atoms with van der Waals surface area (Å²) in [5.41, 5.74) is -0.344. The maximum atomic E-state index is 13.7. The average Bonchev–Trinajstić information content (AvgIpc) is 2.87. The number of fused-ring (bicyclic) bond motifs is 1. The van der Waals surface area contributed by atoms with Crippen LogP contribution in [0.3, 0.4) is 0 Å². The van der Waals surface area contributed by atoms with Gasteiger partial charge in [0.25, 0.3) is 0 Å².